The third-order valence-corrected chi connectivity index (χ3v) is 4.87. The summed E-state index contributed by atoms with van der Waals surface area (Å²) in [5.74, 6) is 0.598. The number of hydrogen-bond acceptors (Lipinski definition) is 5. The second-order valence-electron chi connectivity index (χ2n) is 6.94. The number of benzene rings is 1. The average Bonchev–Trinajstić information content (AvgIpc) is 2.99. The van der Waals surface area contributed by atoms with E-state index in [9.17, 15) is 18.0 Å². The zero-order valence-corrected chi connectivity index (χ0v) is 16.4. The zero-order chi connectivity index (χ0) is 21.7. The summed E-state index contributed by atoms with van der Waals surface area (Å²) >= 11 is 0. The number of hydrogen-bond donors (Lipinski definition) is 0. The van der Waals surface area contributed by atoms with Crippen molar-refractivity contribution in [2.24, 2.45) is 0 Å². The molecule has 9 heteroatoms. The molecule has 0 spiro atoms. The van der Waals surface area contributed by atoms with Crippen molar-refractivity contribution in [3.63, 3.8) is 0 Å². The second-order valence-corrected chi connectivity index (χ2v) is 6.94. The van der Waals surface area contributed by atoms with Crippen molar-refractivity contribution in [2.75, 3.05) is 31.1 Å². The van der Waals surface area contributed by atoms with Gasteiger partial charge < -0.3 is 14.5 Å². The van der Waals surface area contributed by atoms with Crippen LogP contribution in [0.1, 0.15) is 24.5 Å². The molecule has 0 aliphatic carbocycles. The van der Waals surface area contributed by atoms with E-state index >= 15 is 0 Å². The molecule has 1 aromatic heterocycles. The Labute approximate surface area is 172 Å². The number of pyridine rings is 1. The van der Waals surface area contributed by atoms with Gasteiger partial charge >= 0.3 is 6.18 Å². The highest BCUT2D eigenvalue weighted by atomic mass is 19.4. The van der Waals surface area contributed by atoms with Gasteiger partial charge in [0.25, 0.3) is 5.91 Å². The molecule has 158 valence electrons. The van der Waals surface area contributed by atoms with Crippen molar-refractivity contribution in [3.8, 4) is 11.8 Å². The molecule has 0 bridgehead atoms. The molecule has 2 aromatic rings. The second kappa shape index (κ2) is 9.03. The topological polar surface area (TPSA) is 69.5 Å². The minimum Gasteiger partial charge on any atom is -0.480 e. The number of halogens is 3. The molecule has 1 fully saturated rings. The fourth-order valence-corrected chi connectivity index (χ4v) is 3.27. The number of ether oxygens (including phenoxy) is 1. The van der Waals surface area contributed by atoms with Crippen LogP contribution in [0.25, 0.3) is 0 Å². The first kappa shape index (κ1) is 21.4. The minimum atomic E-state index is -4.42. The van der Waals surface area contributed by atoms with Crippen molar-refractivity contribution in [1.29, 1.82) is 5.26 Å². The van der Waals surface area contributed by atoms with E-state index in [0.29, 0.717) is 49.7 Å². The van der Waals surface area contributed by atoms with Crippen molar-refractivity contribution < 1.29 is 22.7 Å². The number of anilines is 1. The number of nitrogens with zero attached hydrogens (tertiary/aromatic N) is 4. The van der Waals surface area contributed by atoms with Gasteiger partial charge in [-0.15, -0.1) is 0 Å². The summed E-state index contributed by atoms with van der Waals surface area (Å²) in [7, 11) is 0. The Morgan fingerprint density at radius 1 is 1.17 bits per heavy atom. The molecular formula is C21H21F3N4O2. The summed E-state index contributed by atoms with van der Waals surface area (Å²) in [5.41, 5.74) is -0.436. The molecule has 6 nitrogen and oxygen atoms in total. The Hall–Kier alpha value is -3.28. The van der Waals surface area contributed by atoms with Crippen LogP contribution in [0.2, 0.25) is 0 Å². The Kier molecular flexibility index (Phi) is 6.45. The van der Waals surface area contributed by atoms with Crippen LogP contribution >= 0.6 is 0 Å². The van der Waals surface area contributed by atoms with Gasteiger partial charge in [0.05, 0.1) is 11.1 Å². The number of carbonyl (C=O) groups excluding carboxylic acids is 1. The van der Waals surface area contributed by atoms with E-state index in [1.165, 1.54) is 6.07 Å². The number of para-hydroxylation sites is 1. The van der Waals surface area contributed by atoms with E-state index in [1.54, 1.807) is 36.1 Å². The van der Waals surface area contributed by atoms with Gasteiger partial charge in [-0.05, 0) is 37.6 Å². The lowest BCUT2D eigenvalue weighted by atomic mass is 10.2. The molecule has 1 aromatic carbocycles. The highest BCUT2D eigenvalue weighted by Crippen LogP contribution is 2.29. The van der Waals surface area contributed by atoms with Crippen LogP contribution in [0, 0.1) is 11.3 Å². The lowest BCUT2D eigenvalue weighted by molar-refractivity contribution is -0.138. The Morgan fingerprint density at radius 3 is 2.60 bits per heavy atom. The number of rotatable bonds is 4. The SMILES string of the molecule is CC(Oc1ccccc1C#N)C(=O)N1CCCN(c2ccc(C(F)(F)F)cn2)CC1. The van der Waals surface area contributed by atoms with Crippen LogP contribution in [0.15, 0.2) is 42.6 Å². The number of amides is 1. The molecule has 0 N–H and O–H groups in total. The molecule has 1 amide bonds. The first-order valence-corrected chi connectivity index (χ1v) is 9.52. The predicted octanol–water partition coefficient (Wildman–Crippen LogP) is 3.48. The standard InChI is InChI=1S/C21H21F3N4O2/c1-15(30-18-6-3-2-5-16(18)13-25)20(29)28-10-4-9-27(11-12-28)19-8-7-17(14-26-19)21(22,23)24/h2-3,5-8,14-15H,4,9-12H2,1H3. The van der Waals surface area contributed by atoms with Crippen LogP contribution < -0.4 is 9.64 Å². The van der Waals surface area contributed by atoms with Crippen molar-refractivity contribution in [1.82, 2.24) is 9.88 Å². The number of nitriles is 1. The van der Waals surface area contributed by atoms with Crippen LogP contribution in [0.3, 0.4) is 0 Å². The molecule has 1 aliphatic rings. The maximum absolute atomic E-state index is 12.8. The monoisotopic (exact) mass is 418 g/mol. The van der Waals surface area contributed by atoms with Gasteiger partial charge in [0.15, 0.2) is 6.10 Å². The molecule has 0 saturated carbocycles. The molecule has 1 atom stereocenters. The summed E-state index contributed by atoms with van der Waals surface area (Å²) in [6.07, 6.45) is -3.72. The maximum Gasteiger partial charge on any atom is 0.417 e. The quantitative estimate of drug-likeness (QED) is 0.761. The highest BCUT2D eigenvalue weighted by molar-refractivity contribution is 5.81. The highest BCUT2D eigenvalue weighted by Gasteiger charge is 2.31. The summed E-state index contributed by atoms with van der Waals surface area (Å²) < 4.78 is 43.9. The number of alkyl halides is 3. The third kappa shape index (κ3) is 5.00. The summed E-state index contributed by atoms with van der Waals surface area (Å²) in [5, 5.41) is 9.16. The van der Waals surface area contributed by atoms with Gasteiger partial charge in [-0.25, -0.2) is 4.98 Å². The maximum atomic E-state index is 12.8. The Bertz CT molecular complexity index is 925. The first-order valence-electron chi connectivity index (χ1n) is 9.52. The van der Waals surface area contributed by atoms with Crippen LogP contribution in [0.5, 0.6) is 5.75 Å². The smallest absolute Gasteiger partial charge is 0.417 e. The van der Waals surface area contributed by atoms with Gasteiger partial charge in [0, 0.05) is 32.4 Å². The largest absolute Gasteiger partial charge is 0.480 e. The fourth-order valence-electron chi connectivity index (χ4n) is 3.27. The van der Waals surface area contributed by atoms with E-state index in [4.69, 9.17) is 10.00 Å². The van der Waals surface area contributed by atoms with Gasteiger partial charge in [-0.2, -0.15) is 18.4 Å². The number of aromatic nitrogens is 1. The summed E-state index contributed by atoms with van der Waals surface area (Å²) in [4.78, 5) is 20.3. The van der Waals surface area contributed by atoms with Crippen LogP contribution in [-0.4, -0.2) is 48.1 Å². The van der Waals surface area contributed by atoms with Crippen LogP contribution in [-0.2, 0) is 11.0 Å². The molecule has 1 saturated heterocycles. The van der Waals surface area contributed by atoms with Crippen molar-refractivity contribution in [2.45, 2.75) is 25.6 Å². The molecule has 1 unspecified atom stereocenters. The minimum absolute atomic E-state index is 0.204. The Morgan fingerprint density at radius 2 is 1.93 bits per heavy atom. The van der Waals surface area contributed by atoms with Gasteiger partial charge in [-0.1, -0.05) is 12.1 Å². The summed E-state index contributed by atoms with van der Waals surface area (Å²) in [6.45, 7) is 3.56. The fraction of sp³-hybridized carbons (Fsp3) is 0.381. The molecule has 3 rings (SSSR count). The lowest BCUT2D eigenvalue weighted by Crippen LogP contribution is -2.42. The molecule has 1 aliphatic heterocycles. The Balaban J connectivity index is 1.61. The average molecular weight is 418 g/mol. The van der Waals surface area contributed by atoms with Crippen molar-refractivity contribution >= 4 is 11.7 Å². The van der Waals surface area contributed by atoms with E-state index < -0.39 is 17.8 Å². The molecular weight excluding hydrogens is 397 g/mol. The van der Waals surface area contributed by atoms with Crippen LogP contribution in [0.4, 0.5) is 19.0 Å². The lowest BCUT2D eigenvalue weighted by Gasteiger charge is -2.25. The first-order chi connectivity index (χ1) is 14.3. The number of carbonyl (C=O) groups is 1. The van der Waals surface area contributed by atoms with E-state index in [2.05, 4.69) is 4.98 Å². The van der Waals surface area contributed by atoms with Gasteiger partial charge in [0.2, 0.25) is 0 Å². The van der Waals surface area contributed by atoms with E-state index in [0.717, 1.165) is 12.3 Å². The molecule has 30 heavy (non-hydrogen) atoms. The van der Waals surface area contributed by atoms with Crippen molar-refractivity contribution in [3.05, 3.63) is 53.7 Å². The van der Waals surface area contributed by atoms with E-state index in [1.807, 2.05) is 11.0 Å². The van der Waals surface area contributed by atoms with Gasteiger partial charge in [0.1, 0.15) is 17.6 Å². The normalized spacial score (nSPS) is 15.8. The molecule has 2 heterocycles. The van der Waals surface area contributed by atoms with E-state index in [-0.39, 0.29) is 5.91 Å². The predicted molar refractivity (Wildman–Crippen MR) is 104 cm³/mol. The third-order valence-electron chi connectivity index (χ3n) is 4.87. The van der Waals surface area contributed by atoms with Gasteiger partial charge in [-0.3, -0.25) is 4.79 Å². The zero-order valence-electron chi connectivity index (χ0n) is 16.4. The molecule has 0 radical (unpaired) electrons. The summed E-state index contributed by atoms with van der Waals surface area (Å²) in [6, 6.07) is 11.1.